The van der Waals surface area contributed by atoms with E-state index in [1.165, 1.54) is 18.2 Å². The Hall–Kier alpha value is -2.76. The lowest BCUT2D eigenvalue weighted by molar-refractivity contribution is 0.0696. The highest BCUT2D eigenvalue weighted by Gasteiger charge is 2.11. The molecule has 0 heterocycles. The van der Waals surface area contributed by atoms with E-state index in [2.05, 4.69) is 0 Å². The summed E-state index contributed by atoms with van der Waals surface area (Å²) in [6.45, 7) is 0. The first-order chi connectivity index (χ1) is 10.4. The van der Waals surface area contributed by atoms with Crippen LogP contribution in [-0.2, 0) is 12.8 Å². The van der Waals surface area contributed by atoms with Gasteiger partial charge in [-0.25, -0.2) is 18.4 Å². The van der Waals surface area contributed by atoms with Gasteiger partial charge in [0.05, 0.1) is 11.1 Å². The van der Waals surface area contributed by atoms with Gasteiger partial charge >= 0.3 is 11.9 Å². The summed E-state index contributed by atoms with van der Waals surface area (Å²) in [6.07, 6.45) is 0.645. The first kappa shape index (κ1) is 15.6. The maximum atomic E-state index is 13.1. The van der Waals surface area contributed by atoms with Crippen LogP contribution in [0, 0.1) is 11.6 Å². The number of rotatable bonds is 5. The van der Waals surface area contributed by atoms with E-state index >= 15 is 0 Å². The number of hydrogen-bond donors (Lipinski definition) is 2. The lowest BCUT2D eigenvalue weighted by Crippen LogP contribution is -2.05. The van der Waals surface area contributed by atoms with E-state index < -0.39 is 23.6 Å². The van der Waals surface area contributed by atoms with E-state index in [1.807, 2.05) is 0 Å². The standard InChI is InChI=1S/C16H12F2O4/c17-13-4-3-9(7-14(13)18)1-2-10-5-11(15(19)20)8-12(6-10)16(21)22/h3-8H,1-2H2,(H,19,20)(H,21,22). The summed E-state index contributed by atoms with van der Waals surface area (Å²) in [7, 11) is 0. The van der Waals surface area contributed by atoms with Crippen molar-refractivity contribution in [1.29, 1.82) is 0 Å². The zero-order valence-corrected chi connectivity index (χ0v) is 11.3. The molecule has 0 spiro atoms. The molecule has 0 aliphatic heterocycles. The molecular weight excluding hydrogens is 294 g/mol. The molecule has 0 saturated heterocycles. The molecule has 0 amide bonds. The number of carboxylic acid groups (broad SMARTS) is 2. The highest BCUT2D eigenvalue weighted by atomic mass is 19.2. The van der Waals surface area contributed by atoms with Crippen LogP contribution >= 0.6 is 0 Å². The fourth-order valence-corrected chi connectivity index (χ4v) is 2.07. The van der Waals surface area contributed by atoms with E-state index in [1.54, 1.807) is 0 Å². The van der Waals surface area contributed by atoms with Crippen LogP contribution in [0.3, 0.4) is 0 Å². The van der Waals surface area contributed by atoms with Crippen molar-refractivity contribution in [2.75, 3.05) is 0 Å². The van der Waals surface area contributed by atoms with Crippen LogP contribution in [-0.4, -0.2) is 22.2 Å². The number of carboxylic acids is 2. The topological polar surface area (TPSA) is 74.6 Å². The quantitative estimate of drug-likeness (QED) is 0.890. The fraction of sp³-hybridized carbons (Fsp3) is 0.125. The molecule has 0 saturated carbocycles. The molecule has 0 fully saturated rings. The minimum atomic E-state index is -1.22. The normalized spacial score (nSPS) is 10.5. The van der Waals surface area contributed by atoms with Crippen LogP contribution in [0.25, 0.3) is 0 Å². The van der Waals surface area contributed by atoms with Crippen molar-refractivity contribution in [3.63, 3.8) is 0 Å². The lowest BCUT2D eigenvalue weighted by atomic mass is 9.99. The number of carbonyl (C=O) groups is 2. The van der Waals surface area contributed by atoms with Crippen LogP contribution in [0.5, 0.6) is 0 Å². The van der Waals surface area contributed by atoms with E-state index in [9.17, 15) is 18.4 Å². The molecule has 2 aromatic rings. The zero-order chi connectivity index (χ0) is 16.3. The Bertz CT molecular complexity index is 709. The summed E-state index contributed by atoms with van der Waals surface area (Å²) in [5, 5.41) is 18.0. The van der Waals surface area contributed by atoms with Gasteiger partial charge in [0, 0.05) is 0 Å². The van der Waals surface area contributed by atoms with Crippen molar-refractivity contribution in [2.45, 2.75) is 12.8 Å². The van der Waals surface area contributed by atoms with E-state index in [4.69, 9.17) is 10.2 Å². The number of hydrogen-bond acceptors (Lipinski definition) is 2. The molecule has 0 aliphatic rings. The molecule has 0 unspecified atom stereocenters. The van der Waals surface area contributed by atoms with Crippen LogP contribution < -0.4 is 0 Å². The zero-order valence-electron chi connectivity index (χ0n) is 11.3. The lowest BCUT2D eigenvalue weighted by Gasteiger charge is -2.06. The third kappa shape index (κ3) is 3.66. The molecule has 2 N–H and O–H groups in total. The van der Waals surface area contributed by atoms with Gasteiger partial charge in [-0.2, -0.15) is 0 Å². The van der Waals surface area contributed by atoms with Crippen LogP contribution in [0.4, 0.5) is 8.78 Å². The number of aromatic carboxylic acids is 2. The Morgan fingerprint density at radius 1 is 0.773 bits per heavy atom. The van der Waals surface area contributed by atoms with E-state index in [0.717, 1.165) is 18.2 Å². The van der Waals surface area contributed by atoms with E-state index in [0.29, 0.717) is 24.0 Å². The van der Waals surface area contributed by atoms with E-state index in [-0.39, 0.29) is 11.1 Å². The van der Waals surface area contributed by atoms with Gasteiger partial charge in [0.15, 0.2) is 11.6 Å². The summed E-state index contributed by atoms with van der Waals surface area (Å²) in [5.74, 6) is -4.35. The van der Waals surface area contributed by atoms with Gasteiger partial charge in [-0.1, -0.05) is 6.07 Å². The molecular formula is C16H12F2O4. The van der Waals surface area contributed by atoms with Gasteiger partial charge in [0.1, 0.15) is 0 Å². The summed E-state index contributed by atoms with van der Waals surface area (Å²) in [4.78, 5) is 22.0. The van der Waals surface area contributed by atoms with Gasteiger partial charge in [0.25, 0.3) is 0 Å². The van der Waals surface area contributed by atoms with Crippen LogP contribution in [0.1, 0.15) is 31.8 Å². The van der Waals surface area contributed by atoms with Gasteiger partial charge < -0.3 is 10.2 Å². The molecule has 6 heteroatoms. The minimum Gasteiger partial charge on any atom is -0.478 e. The maximum absolute atomic E-state index is 13.1. The number of halogens is 2. The number of aryl methyl sites for hydroxylation is 2. The molecule has 2 aromatic carbocycles. The molecule has 4 nitrogen and oxygen atoms in total. The second-order valence-electron chi connectivity index (χ2n) is 4.78. The largest absolute Gasteiger partial charge is 0.478 e. The van der Waals surface area contributed by atoms with Crippen LogP contribution in [0.15, 0.2) is 36.4 Å². The fourth-order valence-electron chi connectivity index (χ4n) is 2.07. The molecule has 0 aliphatic carbocycles. The Balaban J connectivity index is 2.23. The maximum Gasteiger partial charge on any atom is 0.335 e. The van der Waals surface area contributed by atoms with Crippen molar-refractivity contribution in [2.24, 2.45) is 0 Å². The predicted octanol–water partition coefficient (Wildman–Crippen LogP) is 3.15. The smallest absolute Gasteiger partial charge is 0.335 e. The Labute approximate surface area is 124 Å². The molecule has 114 valence electrons. The van der Waals surface area contributed by atoms with Crippen molar-refractivity contribution >= 4 is 11.9 Å². The van der Waals surface area contributed by atoms with Crippen molar-refractivity contribution in [3.8, 4) is 0 Å². The summed E-state index contributed by atoms with van der Waals surface area (Å²) in [6, 6.07) is 7.32. The summed E-state index contributed by atoms with van der Waals surface area (Å²) < 4.78 is 26.0. The van der Waals surface area contributed by atoms with Crippen molar-refractivity contribution < 1.29 is 28.6 Å². The Morgan fingerprint density at radius 3 is 1.82 bits per heavy atom. The van der Waals surface area contributed by atoms with Crippen molar-refractivity contribution in [3.05, 3.63) is 70.3 Å². The summed E-state index contributed by atoms with van der Waals surface area (Å²) >= 11 is 0. The molecule has 0 radical (unpaired) electrons. The first-order valence-corrected chi connectivity index (χ1v) is 6.41. The second-order valence-corrected chi connectivity index (χ2v) is 4.78. The average molecular weight is 306 g/mol. The molecule has 2 rings (SSSR count). The average Bonchev–Trinajstić information content (AvgIpc) is 2.48. The Morgan fingerprint density at radius 2 is 1.32 bits per heavy atom. The minimum absolute atomic E-state index is 0.125. The van der Waals surface area contributed by atoms with Gasteiger partial charge in [-0.05, 0) is 54.3 Å². The SMILES string of the molecule is O=C(O)c1cc(CCc2ccc(F)c(F)c2)cc(C(=O)O)c1. The monoisotopic (exact) mass is 306 g/mol. The van der Waals surface area contributed by atoms with Gasteiger partial charge in [0.2, 0.25) is 0 Å². The third-order valence-corrected chi connectivity index (χ3v) is 3.17. The second kappa shape index (κ2) is 6.34. The first-order valence-electron chi connectivity index (χ1n) is 6.41. The van der Waals surface area contributed by atoms with Crippen LogP contribution in [0.2, 0.25) is 0 Å². The predicted molar refractivity (Wildman–Crippen MR) is 74.1 cm³/mol. The highest BCUT2D eigenvalue weighted by molar-refractivity contribution is 5.94. The van der Waals surface area contributed by atoms with Gasteiger partial charge in [-0.3, -0.25) is 0 Å². The van der Waals surface area contributed by atoms with Crippen molar-refractivity contribution in [1.82, 2.24) is 0 Å². The van der Waals surface area contributed by atoms with Gasteiger partial charge in [-0.15, -0.1) is 0 Å². The molecule has 0 aromatic heterocycles. The third-order valence-electron chi connectivity index (χ3n) is 3.17. The molecule has 22 heavy (non-hydrogen) atoms. The number of benzene rings is 2. The highest BCUT2D eigenvalue weighted by Crippen LogP contribution is 2.15. The Kier molecular flexibility index (Phi) is 4.50. The summed E-state index contributed by atoms with van der Waals surface area (Å²) in [5.41, 5.74) is 0.791. The molecule has 0 bridgehead atoms. The molecule has 0 atom stereocenters.